The van der Waals surface area contributed by atoms with Gasteiger partial charge in [-0.1, -0.05) is 18.2 Å². The molecule has 0 aliphatic carbocycles. The number of nitrogens with zero attached hydrogens (tertiary/aromatic N) is 2. The van der Waals surface area contributed by atoms with Gasteiger partial charge in [0.1, 0.15) is 11.5 Å². The molecule has 1 aromatic heterocycles. The van der Waals surface area contributed by atoms with Crippen LogP contribution in [0.25, 0.3) is 6.08 Å². The molecule has 0 atom stereocenters. The summed E-state index contributed by atoms with van der Waals surface area (Å²) in [5, 5.41) is 0.696. The average molecular weight is 370 g/mol. The second-order valence-electron chi connectivity index (χ2n) is 6.01. The molecule has 1 amide bonds. The maximum atomic E-state index is 12.9. The molecule has 1 aliphatic heterocycles. The van der Waals surface area contributed by atoms with E-state index in [9.17, 15) is 4.79 Å². The summed E-state index contributed by atoms with van der Waals surface area (Å²) in [5.41, 5.74) is 1.76. The molecule has 0 N–H and O–H groups in total. The van der Waals surface area contributed by atoms with Gasteiger partial charge in [-0.2, -0.15) is 0 Å². The number of aryl methyl sites for hydroxylation is 2. The highest BCUT2D eigenvalue weighted by atomic mass is 32.2. The van der Waals surface area contributed by atoms with Crippen LogP contribution in [0.3, 0.4) is 0 Å². The van der Waals surface area contributed by atoms with Gasteiger partial charge in [0.2, 0.25) is 0 Å². The molecule has 0 saturated carbocycles. The maximum Gasteiger partial charge on any atom is 0.266 e. The number of para-hydroxylation sites is 1. The van der Waals surface area contributed by atoms with E-state index in [1.807, 2.05) is 56.3 Å². The van der Waals surface area contributed by atoms with Gasteiger partial charge in [-0.05, 0) is 56.3 Å². The molecule has 1 fully saturated rings. The summed E-state index contributed by atoms with van der Waals surface area (Å²) < 4.78 is 10.7. The van der Waals surface area contributed by atoms with Crippen molar-refractivity contribution in [2.24, 2.45) is 4.99 Å². The third-order valence-corrected chi connectivity index (χ3v) is 4.97. The highest BCUT2D eigenvalue weighted by molar-refractivity contribution is 8.18. The molecule has 1 aliphatic rings. The Morgan fingerprint density at radius 2 is 2.04 bits per heavy atom. The Kier molecular flexibility index (Phi) is 5.96. The fourth-order valence-corrected chi connectivity index (χ4v) is 3.72. The number of thioether (sulfide) groups is 1. The maximum absolute atomic E-state index is 12.9. The fraction of sp³-hybridized carbons (Fsp3) is 0.300. The lowest BCUT2D eigenvalue weighted by Crippen LogP contribution is -2.30. The minimum Gasteiger partial charge on any atom is -0.466 e. The minimum atomic E-state index is -0.0287. The van der Waals surface area contributed by atoms with Gasteiger partial charge in [-0.15, -0.1) is 0 Å². The van der Waals surface area contributed by atoms with Crippen LogP contribution in [-0.2, 0) is 9.53 Å². The molecule has 26 heavy (non-hydrogen) atoms. The summed E-state index contributed by atoms with van der Waals surface area (Å²) in [6.07, 6.45) is 2.64. The molecule has 1 aromatic carbocycles. The first-order chi connectivity index (χ1) is 12.6. The fourth-order valence-electron chi connectivity index (χ4n) is 2.70. The van der Waals surface area contributed by atoms with Crippen LogP contribution in [-0.4, -0.2) is 36.2 Å². The van der Waals surface area contributed by atoms with E-state index in [2.05, 4.69) is 4.99 Å². The molecule has 2 heterocycles. The zero-order valence-electron chi connectivity index (χ0n) is 15.2. The van der Waals surface area contributed by atoms with Gasteiger partial charge in [-0.25, -0.2) is 4.99 Å². The number of hydrogen-bond donors (Lipinski definition) is 0. The summed E-state index contributed by atoms with van der Waals surface area (Å²) >= 11 is 1.40. The van der Waals surface area contributed by atoms with E-state index in [0.717, 1.165) is 29.2 Å². The predicted molar refractivity (Wildman–Crippen MR) is 105 cm³/mol. The number of amides is 1. The Balaban J connectivity index is 1.90. The molecule has 1 saturated heterocycles. The van der Waals surface area contributed by atoms with E-state index in [0.29, 0.717) is 23.2 Å². The smallest absolute Gasteiger partial charge is 0.266 e. The quantitative estimate of drug-likeness (QED) is 0.553. The molecule has 0 radical (unpaired) electrons. The number of amidine groups is 1. The van der Waals surface area contributed by atoms with Crippen molar-refractivity contribution >= 4 is 34.6 Å². The average Bonchev–Trinajstić information content (AvgIpc) is 3.09. The molecular formula is C20H22N2O3S. The van der Waals surface area contributed by atoms with E-state index < -0.39 is 0 Å². The summed E-state index contributed by atoms with van der Waals surface area (Å²) in [5.74, 6) is 1.61. The third-order valence-electron chi connectivity index (χ3n) is 3.97. The first-order valence-electron chi connectivity index (χ1n) is 8.49. The number of hydrogen-bond acceptors (Lipinski definition) is 5. The zero-order valence-corrected chi connectivity index (χ0v) is 16.0. The number of rotatable bonds is 6. The standard InChI is InChI=1S/C20H22N2O3S/c1-14-12-16(15(2)25-14)13-18-19(23)22(10-7-11-24-3)20(26-18)21-17-8-5-4-6-9-17/h4-6,8-9,12-13H,7,10-11H2,1-3H3/b18-13-,21-20?. The second-order valence-corrected chi connectivity index (χ2v) is 7.02. The van der Waals surface area contributed by atoms with Gasteiger partial charge < -0.3 is 9.15 Å². The predicted octanol–water partition coefficient (Wildman–Crippen LogP) is 4.54. The van der Waals surface area contributed by atoms with E-state index in [1.54, 1.807) is 12.0 Å². The Hall–Kier alpha value is -2.31. The van der Waals surface area contributed by atoms with Crippen LogP contribution in [0, 0.1) is 13.8 Å². The largest absolute Gasteiger partial charge is 0.466 e. The van der Waals surface area contributed by atoms with Crippen molar-refractivity contribution in [2.75, 3.05) is 20.3 Å². The number of benzene rings is 1. The topological polar surface area (TPSA) is 55.0 Å². The number of ether oxygens (including phenoxy) is 1. The number of aliphatic imine (C=N–C) groups is 1. The van der Waals surface area contributed by atoms with E-state index in [1.165, 1.54) is 11.8 Å². The van der Waals surface area contributed by atoms with Crippen LogP contribution in [0.4, 0.5) is 5.69 Å². The second kappa shape index (κ2) is 8.38. The summed E-state index contributed by atoms with van der Waals surface area (Å²) in [6.45, 7) is 4.98. The highest BCUT2D eigenvalue weighted by Crippen LogP contribution is 2.35. The van der Waals surface area contributed by atoms with Crippen LogP contribution in [0.2, 0.25) is 0 Å². The van der Waals surface area contributed by atoms with Crippen molar-refractivity contribution in [3.63, 3.8) is 0 Å². The van der Waals surface area contributed by atoms with E-state index in [-0.39, 0.29) is 5.91 Å². The number of carbonyl (C=O) groups is 1. The summed E-state index contributed by atoms with van der Waals surface area (Å²) in [6, 6.07) is 11.6. The van der Waals surface area contributed by atoms with E-state index in [4.69, 9.17) is 9.15 Å². The lowest BCUT2D eigenvalue weighted by atomic mass is 10.2. The zero-order chi connectivity index (χ0) is 18.5. The Morgan fingerprint density at radius 3 is 2.69 bits per heavy atom. The number of carbonyl (C=O) groups excluding carboxylic acids is 1. The van der Waals surface area contributed by atoms with Crippen molar-refractivity contribution in [1.29, 1.82) is 0 Å². The molecule has 2 aromatic rings. The summed E-state index contributed by atoms with van der Waals surface area (Å²) in [7, 11) is 1.66. The molecular weight excluding hydrogens is 348 g/mol. The first kappa shape index (κ1) is 18.5. The SMILES string of the molecule is COCCCN1C(=O)/C(=C/c2cc(C)oc2C)SC1=Nc1ccccc1. The summed E-state index contributed by atoms with van der Waals surface area (Å²) in [4.78, 5) is 20.0. The molecule has 6 heteroatoms. The number of methoxy groups -OCH3 is 1. The van der Waals surface area contributed by atoms with Crippen LogP contribution in [0.1, 0.15) is 23.5 Å². The normalized spacial score (nSPS) is 17.7. The van der Waals surface area contributed by atoms with Crippen molar-refractivity contribution in [3.05, 3.63) is 58.4 Å². The Labute approximate surface area is 157 Å². The van der Waals surface area contributed by atoms with E-state index >= 15 is 0 Å². The lowest BCUT2D eigenvalue weighted by Gasteiger charge is -2.15. The molecule has 0 spiro atoms. The van der Waals surface area contributed by atoms with Crippen molar-refractivity contribution in [2.45, 2.75) is 20.3 Å². The van der Waals surface area contributed by atoms with Gasteiger partial charge in [0, 0.05) is 25.8 Å². The van der Waals surface area contributed by atoms with Crippen LogP contribution >= 0.6 is 11.8 Å². The monoisotopic (exact) mass is 370 g/mol. The van der Waals surface area contributed by atoms with Gasteiger partial charge in [0.05, 0.1) is 10.6 Å². The van der Waals surface area contributed by atoms with Crippen molar-refractivity contribution in [1.82, 2.24) is 4.90 Å². The highest BCUT2D eigenvalue weighted by Gasteiger charge is 2.33. The van der Waals surface area contributed by atoms with Crippen molar-refractivity contribution < 1.29 is 13.9 Å². The third kappa shape index (κ3) is 4.26. The first-order valence-corrected chi connectivity index (χ1v) is 9.31. The van der Waals surface area contributed by atoms with Crippen LogP contribution in [0.5, 0.6) is 0 Å². The van der Waals surface area contributed by atoms with Gasteiger partial charge in [0.15, 0.2) is 5.17 Å². The Bertz CT molecular complexity index is 840. The lowest BCUT2D eigenvalue weighted by molar-refractivity contribution is -0.122. The molecule has 5 nitrogen and oxygen atoms in total. The van der Waals surface area contributed by atoms with Gasteiger partial charge >= 0.3 is 0 Å². The Morgan fingerprint density at radius 1 is 1.27 bits per heavy atom. The molecule has 0 bridgehead atoms. The molecule has 3 rings (SSSR count). The minimum absolute atomic E-state index is 0.0287. The van der Waals surface area contributed by atoms with Crippen LogP contribution in [0.15, 0.2) is 50.7 Å². The van der Waals surface area contributed by atoms with Crippen LogP contribution < -0.4 is 0 Å². The molecule has 0 unspecified atom stereocenters. The molecule has 136 valence electrons. The van der Waals surface area contributed by atoms with Gasteiger partial charge in [-0.3, -0.25) is 9.69 Å². The van der Waals surface area contributed by atoms with Crippen molar-refractivity contribution in [3.8, 4) is 0 Å². The number of furan rings is 1. The van der Waals surface area contributed by atoms with Gasteiger partial charge in [0.25, 0.3) is 5.91 Å².